The minimum atomic E-state index is -1.27. The fourth-order valence-corrected chi connectivity index (χ4v) is 1.94. The van der Waals surface area contributed by atoms with Crippen molar-refractivity contribution in [3.05, 3.63) is 17.7 Å². The standard InChI is InChI=1S/C10H13NO4S/c1-14-8-5-7(11)9(16(3)13)4-6(8)10(12)15-2/h4-5H,11H2,1-3H3. The van der Waals surface area contributed by atoms with Gasteiger partial charge in [0.15, 0.2) is 4.90 Å². The van der Waals surface area contributed by atoms with Crippen molar-refractivity contribution in [1.82, 2.24) is 0 Å². The number of nitrogens with two attached hydrogens (primary N) is 1. The van der Waals surface area contributed by atoms with E-state index in [1.807, 2.05) is 0 Å². The topological polar surface area (TPSA) is 84.6 Å². The third-order valence-corrected chi connectivity index (χ3v) is 3.02. The largest absolute Gasteiger partial charge is 0.612 e. The second kappa shape index (κ2) is 5.09. The Morgan fingerprint density at radius 1 is 1.44 bits per heavy atom. The minimum absolute atomic E-state index is 0.212. The van der Waals surface area contributed by atoms with E-state index in [2.05, 4.69) is 4.74 Å². The first-order valence-corrected chi connectivity index (χ1v) is 5.96. The lowest BCUT2D eigenvalue weighted by atomic mass is 10.2. The van der Waals surface area contributed by atoms with Gasteiger partial charge >= 0.3 is 5.97 Å². The fourth-order valence-electron chi connectivity index (χ4n) is 1.26. The molecule has 0 radical (unpaired) electrons. The summed E-state index contributed by atoms with van der Waals surface area (Å²) >= 11 is -1.27. The Kier molecular flexibility index (Phi) is 4.03. The molecule has 1 aromatic rings. The summed E-state index contributed by atoms with van der Waals surface area (Å²) in [4.78, 5) is 11.8. The van der Waals surface area contributed by atoms with Gasteiger partial charge in [0.1, 0.15) is 17.6 Å². The van der Waals surface area contributed by atoms with Gasteiger partial charge in [0, 0.05) is 12.1 Å². The Balaban J connectivity index is 3.34. The Labute approximate surface area is 96.7 Å². The summed E-state index contributed by atoms with van der Waals surface area (Å²) in [6.45, 7) is 0. The molecule has 0 spiro atoms. The van der Waals surface area contributed by atoms with Crippen LogP contribution in [0.25, 0.3) is 0 Å². The molecule has 6 heteroatoms. The van der Waals surface area contributed by atoms with Crippen LogP contribution < -0.4 is 10.5 Å². The van der Waals surface area contributed by atoms with Crippen LogP contribution in [0.15, 0.2) is 17.0 Å². The van der Waals surface area contributed by atoms with Crippen LogP contribution in [0, 0.1) is 0 Å². The molecule has 5 nitrogen and oxygen atoms in total. The summed E-state index contributed by atoms with van der Waals surface area (Å²) in [6, 6.07) is 2.89. The molecule has 0 saturated carbocycles. The molecular weight excluding hydrogens is 230 g/mol. The van der Waals surface area contributed by atoms with E-state index in [9.17, 15) is 9.35 Å². The van der Waals surface area contributed by atoms with Gasteiger partial charge in [-0.2, -0.15) is 0 Å². The van der Waals surface area contributed by atoms with E-state index in [0.717, 1.165) is 0 Å². The molecule has 0 heterocycles. The van der Waals surface area contributed by atoms with Gasteiger partial charge in [-0.05, 0) is 11.2 Å². The second-order valence-corrected chi connectivity index (χ2v) is 4.38. The number of nitrogen functional groups attached to an aromatic ring is 1. The van der Waals surface area contributed by atoms with E-state index in [0.29, 0.717) is 16.3 Å². The van der Waals surface area contributed by atoms with Crippen LogP contribution in [0.5, 0.6) is 5.75 Å². The van der Waals surface area contributed by atoms with E-state index in [-0.39, 0.29) is 5.56 Å². The van der Waals surface area contributed by atoms with Gasteiger partial charge < -0.3 is 19.8 Å². The van der Waals surface area contributed by atoms with Gasteiger partial charge in [-0.25, -0.2) is 4.79 Å². The van der Waals surface area contributed by atoms with E-state index in [4.69, 9.17) is 10.5 Å². The molecule has 1 aromatic carbocycles. The van der Waals surface area contributed by atoms with Crippen molar-refractivity contribution in [1.29, 1.82) is 0 Å². The summed E-state index contributed by atoms with van der Waals surface area (Å²) in [5.41, 5.74) is 6.22. The maximum absolute atomic E-state index is 11.4. The molecule has 0 aliphatic rings. The molecule has 1 unspecified atom stereocenters. The third-order valence-electron chi connectivity index (χ3n) is 2.05. The number of anilines is 1. The molecule has 16 heavy (non-hydrogen) atoms. The van der Waals surface area contributed by atoms with Gasteiger partial charge in [0.2, 0.25) is 0 Å². The highest BCUT2D eigenvalue weighted by molar-refractivity contribution is 7.90. The third kappa shape index (κ3) is 2.40. The Morgan fingerprint density at radius 3 is 2.50 bits per heavy atom. The summed E-state index contributed by atoms with van der Waals surface area (Å²) in [5, 5.41) is 0. The second-order valence-electron chi connectivity index (χ2n) is 3.04. The van der Waals surface area contributed by atoms with Crippen LogP contribution >= 0.6 is 0 Å². The van der Waals surface area contributed by atoms with Gasteiger partial charge in [-0.3, -0.25) is 0 Å². The number of rotatable bonds is 3. The number of methoxy groups -OCH3 is 2. The van der Waals surface area contributed by atoms with Crippen LogP contribution in [-0.2, 0) is 15.9 Å². The first-order chi connectivity index (χ1) is 7.51. The highest BCUT2D eigenvalue weighted by Crippen LogP contribution is 2.28. The summed E-state index contributed by atoms with van der Waals surface area (Å²) in [5.74, 6) is -0.248. The number of ether oxygens (including phenoxy) is 2. The predicted molar refractivity (Wildman–Crippen MR) is 61.1 cm³/mol. The molecule has 0 aliphatic carbocycles. The summed E-state index contributed by atoms with van der Waals surface area (Å²) in [7, 11) is 2.69. The maximum atomic E-state index is 11.4. The lowest BCUT2D eigenvalue weighted by molar-refractivity contribution is 0.0597. The summed E-state index contributed by atoms with van der Waals surface area (Å²) in [6.07, 6.45) is 1.49. The van der Waals surface area contributed by atoms with Gasteiger partial charge in [-0.15, -0.1) is 0 Å². The molecule has 0 aliphatic heterocycles. The number of benzene rings is 1. The van der Waals surface area contributed by atoms with Crippen LogP contribution in [0.4, 0.5) is 5.69 Å². The number of carbonyl (C=O) groups is 1. The maximum Gasteiger partial charge on any atom is 0.341 e. The van der Waals surface area contributed by atoms with Gasteiger partial charge in [0.25, 0.3) is 0 Å². The van der Waals surface area contributed by atoms with E-state index >= 15 is 0 Å². The number of carbonyl (C=O) groups excluding carboxylic acids is 1. The SMILES string of the molecule is COC(=O)c1cc([S+](C)[O-])c(N)cc1OC. The first-order valence-electron chi connectivity index (χ1n) is 4.40. The van der Waals surface area contributed by atoms with Gasteiger partial charge in [-0.1, -0.05) is 0 Å². The molecule has 0 aromatic heterocycles. The highest BCUT2D eigenvalue weighted by Gasteiger charge is 2.20. The summed E-state index contributed by atoms with van der Waals surface area (Å²) < 4.78 is 21.0. The monoisotopic (exact) mass is 243 g/mol. The normalized spacial score (nSPS) is 12.0. The molecule has 1 rings (SSSR count). The first kappa shape index (κ1) is 12.7. The molecule has 0 amide bonds. The number of hydrogen-bond acceptors (Lipinski definition) is 5. The number of esters is 1. The average Bonchev–Trinajstić information content (AvgIpc) is 2.27. The zero-order valence-corrected chi connectivity index (χ0v) is 10.1. The predicted octanol–water partition coefficient (Wildman–Crippen LogP) is 0.801. The van der Waals surface area contributed by atoms with Crippen molar-refractivity contribution in [2.24, 2.45) is 0 Å². The van der Waals surface area contributed by atoms with Crippen LogP contribution in [0.2, 0.25) is 0 Å². The van der Waals surface area contributed by atoms with Crippen molar-refractivity contribution >= 4 is 22.8 Å². The van der Waals surface area contributed by atoms with Crippen molar-refractivity contribution < 1.29 is 18.8 Å². The molecule has 0 fully saturated rings. The van der Waals surface area contributed by atoms with Crippen molar-refractivity contribution in [3.8, 4) is 5.75 Å². The van der Waals surface area contributed by atoms with E-state index in [1.54, 1.807) is 0 Å². The minimum Gasteiger partial charge on any atom is -0.612 e. The smallest absolute Gasteiger partial charge is 0.341 e. The lowest BCUT2D eigenvalue weighted by Crippen LogP contribution is -2.09. The van der Waals surface area contributed by atoms with Crippen molar-refractivity contribution in [2.45, 2.75) is 4.90 Å². The van der Waals surface area contributed by atoms with Crippen LogP contribution in [-0.4, -0.2) is 31.0 Å². The van der Waals surface area contributed by atoms with Crippen LogP contribution in [0.3, 0.4) is 0 Å². The number of hydrogen-bond donors (Lipinski definition) is 1. The Hall–Kier alpha value is -1.40. The molecule has 88 valence electrons. The zero-order valence-electron chi connectivity index (χ0n) is 9.27. The van der Waals surface area contributed by atoms with E-state index < -0.39 is 17.1 Å². The van der Waals surface area contributed by atoms with E-state index in [1.165, 1.54) is 32.6 Å². The zero-order chi connectivity index (χ0) is 12.3. The van der Waals surface area contributed by atoms with Gasteiger partial charge in [0.05, 0.1) is 19.9 Å². The Morgan fingerprint density at radius 2 is 2.06 bits per heavy atom. The van der Waals surface area contributed by atoms with Crippen LogP contribution in [0.1, 0.15) is 10.4 Å². The molecular formula is C10H13NO4S. The Bertz CT molecular complexity index is 406. The highest BCUT2D eigenvalue weighted by atomic mass is 32.2. The molecule has 0 bridgehead atoms. The fraction of sp³-hybridized carbons (Fsp3) is 0.300. The quantitative estimate of drug-likeness (QED) is 0.482. The molecule has 0 saturated heterocycles. The average molecular weight is 243 g/mol. The molecule has 1 atom stereocenters. The van der Waals surface area contributed by atoms with Crippen molar-refractivity contribution in [3.63, 3.8) is 0 Å². The lowest BCUT2D eigenvalue weighted by Gasteiger charge is -2.12. The molecule has 2 N–H and O–H groups in total. The van der Waals surface area contributed by atoms with Crippen molar-refractivity contribution in [2.75, 3.05) is 26.2 Å².